The van der Waals surface area contributed by atoms with E-state index in [1.807, 2.05) is 24.3 Å². The van der Waals surface area contributed by atoms with Crippen LogP contribution in [-0.4, -0.2) is 14.7 Å². The van der Waals surface area contributed by atoms with Crippen molar-refractivity contribution in [3.63, 3.8) is 0 Å². The molecule has 2 aromatic rings. The van der Waals surface area contributed by atoms with Gasteiger partial charge in [0.2, 0.25) is 0 Å². The first-order valence-electron chi connectivity index (χ1n) is 5.09. The fourth-order valence-electron chi connectivity index (χ4n) is 1.47. The Bertz CT molecular complexity index is 563. The second-order valence-corrected chi connectivity index (χ2v) is 4.04. The van der Waals surface area contributed by atoms with Crippen LogP contribution in [0.25, 0.3) is 0 Å². The average Bonchev–Trinajstić information content (AvgIpc) is 2.34. The molecule has 0 saturated heterocycles. The van der Waals surface area contributed by atoms with Gasteiger partial charge >= 0.3 is 0 Å². The molecule has 0 bridgehead atoms. The summed E-state index contributed by atoms with van der Waals surface area (Å²) in [6.45, 7) is 0.456. The molecule has 0 atom stereocenters. The van der Waals surface area contributed by atoms with Crippen molar-refractivity contribution in [3.8, 4) is 0 Å². The van der Waals surface area contributed by atoms with Crippen LogP contribution in [0.1, 0.15) is 11.1 Å². The number of hydrogen-bond acceptors (Lipinski definition) is 3. The molecule has 2 rings (SSSR count). The van der Waals surface area contributed by atoms with Crippen LogP contribution in [0.15, 0.2) is 41.5 Å². The zero-order valence-electron chi connectivity index (χ0n) is 9.01. The molecule has 0 spiro atoms. The zero-order valence-corrected chi connectivity index (χ0v) is 9.76. The first kappa shape index (κ1) is 11.8. The monoisotopic (exact) mass is 250 g/mol. The van der Waals surface area contributed by atoms with Crippen molar-refractivity contribution in [2.24, 2.45) is 0 Å². The molecule has 88 valence electrons. The normalized spacial score (nSPS) is 10.5. The summed E-state index contributed by atoms with van der Waals surface area (Å²) in [5.41, 5.74) is 1.62. The second-order valence-electron chi connectivity index (χ2n) is 3.65. The van der Waals surface area contributed by atoms with E-state index in [4.69, 9.17) is 16.7 Å². The Morgan fingerprint density at radius 1 is 1.24 bits per heavy atom. The molecule has 0 fully saturated rings. The van der Waals surface area contributed by atoms with Crippen LogP contribution in [-0.2, 0) is 13.2 Å². The Morgan fingerprint density at radius 2 is 1.88 bits per heavy atom. The van der Waals surface area contributed by atoms with E-state index in [9.17, 15) is 4.79 Å². The van der Waals surface area contributed by atoms with Gasteiger partial charge in [-0.3, -0.25) is 9.36 Å². The molecule has 4 nitrogen and oxygen atoms in total. The molecule has 0 radical (unpaired) electrons. The van der Waals surface area contributed by atoms with Gasteiger partial charge in [0.1, 0.15) is 5.15 Å². The number of aromatic nitrogens is 2. The van der Waals surface area contributed by atoms with E-state index >= 15 is 0 Å². The molecule has 0 aliphatic carbocycles. The minimum Gasteiger partial charge on any atom is -0.392 e. The largest absolute Gasteiger partial charge is 0.392 e. The minimum atomic E-state index is -0.184. The summed E-state index contributed by atoms with van der Waals surface area (Å²) in [5.74, 6) is 0. The zero-order chi connectivity index (χ0) is 12.3. The molecule has 1 N–H and O–H groups in total. The van der Waals surface area contributed by atoms with Gasteiger partial charge in [-0.1, -0.05) is 35.9 Å². The predicted molar refractivity (Wildman–Crippen MR) is 65.0 cm³/mol. The van der Waals surface area contributed by atoms with Crippen molar-refractivity contribution < 1.29 is 5.11 Å². The number of nitrogens with zero attached hydrogens (tertiary/aromatic N) is 2. The van der Waals surface area contributed by atoms with E-state index in [0.29, 0.717) is 6.54 Å². The summed E-state index contributed by atoms with van der Waals surface area (Å²) in [5, 5.41) is 9.11. The maximum Gasteiger partial charge on any atom is 0.255 e. The van der Waals surface area contributed by atoms with Gasteiger partial charge in [0, 0.05) is 6.07 Å². The number of benzene rings is 1. The third-order valence-corrected chi connectivity index (χ3v) is 2.61. The Kier molecular flexibility index (Phi) is 3.56. The predicted octanol–water partition coefficient (Wildman–Crippen LogP) is 1.44. The molecule has 0 aliphatic rings. The number of hydrogen-bond donors (Lipinski definition) is 1. The number of aliphatic hydroxyl groups excluding tert-OH is 1. The first-order valence-corrected chi connectivity index (χ1v) is 5.47. The summed E-state index contributed by atoms with van der Waals surface area (Å²) >= 11 is 5.61. The summed E-state index contributed by atoms with van der Waals surface area (Å²) in [6.07, 6.45) is 1.42. The lowest BCUT2D eigenvalue weighted by molar-refractivity contribution is 0.282. The standard InChI is InChI=1S/C12H11ClN2O2/c13-11-5-12(17)15(8-14-11)6-9-1-3-10(7-16)4-2-9/h1-5,8,16H,6-7H2. The van der Waals surface area contributed by atoms with Crippen LogP contribution in [0.3, 0.4) is 0 Å². The highest BCUT2D eigenvalue weighted by molar-refractivity contribution is 6.29. The minimum absolute atomic E-state index is 0.0166. The van der Waals surface area contributed by atoms with Gasteiger partial charge in [-0.05, 0) is 11.1 Å². The van der Waals surface area contributed by atoms with Gasteiger partial charge in [-0.25, -0.2) is 4.98 Å². The first-order chi connectivity index (χ1) is 8.19. The summed E-state index contributed by atoms with van der Waals surface area (Å²) in [7, 11) is 0. The van der Waals surface area contributed by atoms with Crippen LogP contribution >= 0.6 is 11.6 Å². The summed E-state index contributed by atoms with van der Waals surface area (Å²) < 4.78 is 1.47. The quantitative estimate of drug-likeness (QED) is 0.839. The molecule has 1 heterocycles. The van der Waals surface area contributed by atoms with Gasteiger partial charge in [-0.15, -0.1) is 0 Å². The molecule has 5 heteroatoms. The number of halogens is 1. The smallest absolute Gasteiger partial charge is 0.255 e. The van der Waals surface area contributed by atoms with E-state index in [1.165, 1.54) is 17.0 Å². The highest BCUT2D eigenvalue weighted by atomic mass is 35.5. The summed E-state index contributed by atoms with van der Waals surface area (Å²) in [4.78, 5) is 15.4. The Hall–Kier alpha value is -1.65. The van der Waals surface area contributed by atoms with Gasteiger partial charge < -0.3 is 5.11 Å². The van der Waals surface area contributed by atoms with E-state index in [1.54, 1.807) is 0 Å². The Labute approximate surface area is 103 Å². The van der Waals surface area contributed by atoms with Crippen LogP contribution in [0.4, 0.5) is 0 Å². The third kappa shape index (κ3) is 2.93. The van der Waals surface area contributed by atoms with Crippen LogP contribution in [0.5, 0.6) is 0 Å². The van der Waals surface area contributed by atoms with Crippen molar-refractivity contribution in [1.29, 1.82) is 0 Å². The van der Waals surface area contributed by atoms with Gasteiger partial charge in [-0.2, -0.15) is 0 Å². The van der Waals surface area contributed by atoms with Gasteiger partial charge in [0.15, 0.2) is 0 Å². The maximum absolute atomic E-state index is 11.6. The van der Waals surface area contributed by atoms with Crippen molar-refractivity contribution >= 4 is 11.6 Å². The second kappa shape index (κ2) is 5.12. The lowest BCUT2D eigenvalue weighted by atomic mass is 10.1. The van der Waals surface area contributed by atoms with Crippen molar-refractivity contribution in [3.05, 3.63) is 63.3 Å². The fourth-order valence-corrected chi connectivity index (χ4v) is 1.61. The van der Waals surface area contributed by atoms with Crippen LogP contribution < -0.4 is 5.56 Å². The van der Waals surface area contributed by atoms with E-state index in [-0.39, 0.29) is 17.3 Å². The van der Waals surface area contributed by atoms with E-state index in [0.717, 1.165) is 11.1 Å². The molecule has 0 amide bonds. The molecule has 17 heavy (non-hydrogen) atoms. The molecule has 1 aromatic heterocycles. The number of rotatable bonds is 3. The Balaban J connectivity index is 2.22. The third-order valence-electron chi connectivity index (χ3n) is 2.40. The van der Waals surface area contributed by atoms with E-state index in [2.05, 4.69) is 4.98 Å². The van der Waals surface area contributed by atoms with Crippen molar-refractivity contribution in [2.75, 3.05) is 0 Å². The topological polar surface area (TPSA) is 55.1 Å². The van der Waals surface area contributed by atoms with E-state index < -0.39 is 0 Å². The molecule has 0 aliphatic heterocycles. The lowest BCUT2D eigenvalue weighted by Gasteiger charge is -2.05. The summed E-state index contributed by atoms with van der Waals surface area (Å²) in [6, 6.07) is 8.66. The molecular formula is C12H11ClN2O2. The molecule has 0 unspecified atom stereocenters. The Morgan fingerprint density at radius 3 is 2.47 bits per heavy atom. The van der Waals surface area contributed by atoms with Crippen LogP contribution in [0, 0.1) is 0 Å². The van der Waals surface area contributed by atoms with Crippen molar-refractivity contribution in [2.45, 2.75) is 13.2 Å². The highest BCUT2D eigenvalue weighted by Gasteiger charge is 2.00. The lowest BCUT2D eigenvalue weighted by Crippen LogP contribution is -2.19. The van der Waals surface area contributed by atoms with Crippen LogP contribution in [0.2, 0.25) is 5.15 Å². The SMILES string of the molecule is O=c1cc(Cl)ncn1Cc1ccc(CO)cc1. The maximum atomic E-state index is 11.6. The van der Waals surface area contributed by atoms with Gasteiger partial charge in [0.05, 0.1) is 19.5 Å². The number of aliphatic hydroxyl groups is 1. The molecule has 0 saturated carbocycles. The van der Waals surface area contributed by atoms with Gasteiger partial charge in [0.25, 0.3) is 5.56 Å². The average molecular weight is 251 g/mol. The fraction of sp³-hybridized carbons (Fsp3) is 0.167. The highest BCUT2D eigenvalue weighted by Crippen LogP contribution is 2.06. The molecule has 1 aromatic carbocycles. The van der Waals surface area contributed by atoms with Crippen molar-refractivity contribution in [1.82, 2.24) is 9.55 Å². The molecular weight excluding hydrogens is 240 g/mol.